The minimum Gasteiger partial charge on any atom is -0.445 e. The maximum absolute atomic E-state index is 12.9. The van der Waals surface area contributed by atoms with Crippen molar-refractivity contribution >= 4 is 6.09 Å². The molecule has 1 heterocycles. The summed E-state index contributed by atoms with van der Waals surface area (Å²) in [6.07, 6.45) is 2.95. The van der Waals surface area contributed by atoms with E-state index in [1.807, 2.05) is 30.3 Å². The van der Waals surface area contributed by atoms with Gasteiger partial charge in [-0.1, -0.05) is 30.3 Å². The molecule has 0 unspecified atom stereocenters. The van der Waals surface area contributed by atoms with E-state index in [1.165, 1.54) is 0 Å². The average Bonchev–Trinajstić information content (AvgIpc) is 2.52. The van der Waals surface area contributed by atoms with Crippen molar-refractivity contribution in [1.82, 2.24) is 10.2 Å². The quantitative estimate of drug-likeness (QED) is 0.930. The third-order valence-corrected chi connectivity index (χ3v) is 4.61. The molecule has 1 saturated heterocycles. The number of likely N-dealkylation sites (tertiary alicyclic amines) is 1. The molecule has 3 rings (SSSR count). The Labute approximate surface area is 130 Å². The summed E-state index contributed by atoms with van der Waals surface area (Å²) in [6, 6.07) is 10.3. The Hall–Kier alpha value is -1.62. The number of amides is 1. The van der Waals surface area contributed by atoms with E-state index in [4.69, 9.17) is 4.74 Å². The highest BCUT2D eigenvalue weighted by molar-refractivity contribution is 5.67. The SMILES string of the molecule is O=C(N[C@H]1CC[C@H](N2CC(F)C2)CC1)OCc1ccccc1. The molecule has 2 fully saturated rings. The predicted octanol–water partition coefficient (Wildman–Crippen LogP) is 2.88. The van der Waals surface area contributed by atoms with Crippen LogP contribution in [0.4, 0.5) is 9.18 Å². The number of ether oxygens (including phenoxy) is 1. The van der Waals surface area contributed by atoms with Gasteiger partial charge in [0.1, 0.15) is 12.8 Å². The third kappa shape index (κ3) is 3.97. The third-order valence-electron chi connectivity index (χ3n) is 4.61. The summed E-state index contributed by atoms with van der Waals surface area (Å²) in [5.41, 5.74) is 0.986. The Morgan fingerprint density at radius 3 is 2.50 bits per heavy atom. The predicted molar refractivity (Wildman–Crippen MR) is 82.3 cm³/mol. The Morgan fingerprint density at radius 2 is 1.86 bits per heavy atom. The molecule has 0 aromatic heterocycles. The first-order valence-corrected chi connectivity index (χ1v) is 8.06. The van der Waals surface area contributed by atoms with Gasteiger partial charge in [0.05, 0.1) is 0 Å². The van der Waals surface area contributed by atoms with Crippen molar-refractivity contribution in [2.75, 3.05) is 13.1 Å². The van der Waals surface area contributed by atoms with Crippen LogP contribution in [-0.4, -0.2) is 42.3 Å². The molecule has 1 amide bonds. The number of benzene rings is 1. The van der Waals surface area contributed by atoms with Crippen molar-refractivity contribution in [3.63, 3.8) is 0 Å². The molecule has 1 aliphatic carbocycles. The average molecular weight is 306 g/mol. The monoisotopic (exact) mass is 306 g/mol. The van der Waals surface area contributed by atoms with E-state index >= 15 is 0 Å². The number of hydrogen-bond donors (Lipinski definition) is 1. The van der Waals surface area contributed by atoms with E-state index in [9.17, 15) is 9.18 Å². The highest BCUT2D eigenvalue weighted by atomic mass is 19.1. The van der Waals surface area contributed by atoms with Crippen LogP contribution in [-0.2, 0) is 11.3 Å². The largest absolute Gasteiger partial charge is 0.445 e. The molecule has 1 saturated carbocycles. The fourth-order valence-corrected chi connectivity index (χ4v) is 3.27. The van der Waals surface area contributed by atoms with Crippen molar-refractivity contribution in [3.05, 3.63) is 35.9 Å². The molecule has 1 aromatic carbocycles. The van der Waals surface area contributed by atoms with Crippen LogP contribution >= 0.6 is 0 Å². The van der Waals surface area contributed by atoms with E-state index < -0.39 is 6.17 Å². The molecule has 0 radical (unpaired) electrons. The van der Waals surface area contributed by atoms with E-state index in [0.717, 1.165) is 31.2 Å². The summed E-state index contributed by atoms with van der Waals surface area (Å²) in [7, 11) is 0. The molecule has 5 heteroatoms. The highest BCUT2D eigenvalue weighted by Crippen LogP contribution is 2.27. The van der Waals surface area contributed by atoms with Gasteiger partial charge in [-0.25, -0.2) is 9.18 Å². The molecule has 1 aromatic rings. The van der Waals surface area contributed by atoms with Gasteiger partial charge in [-0.05, 0) is 31.2 Å². The summed E-state index contributed by atoms with van der Waals surface area (Å²) in [5, 5.41) is 2.94. The molecular weight excluding hydrogens is 283 g/mol. The highest BCUT2D eigenvalue weighted by Gasteiger charge is 2.34. The molecule has 120 valence electrons. The Kier molecular flexibility index (Phi) is 4.93. The van der Waals surface area contributed by atoms with Crippen LogP contribution in [0.5, 0.6) is 0 Å². The van der Waals surface area contributed by atoms with Crippen molar-refractivity contribution in [3.8, 4) is 0 Å². The van der Waals surface area contributed by atoms with Crippen LogP contribution in [0.25, 0.3) is 0 Å². The fourth-order valence-electron chi connectivity index (χ4n) is 3.27. The Balaban J connectivity index is 1.34. The molecule has 0 bridgehead atoms. The zero-order valence-corrected chi connectivity index (χ0v) is 12.7. The van der Waals surface area contributed by atoms with Gasteiger partial charge in [-0.3, -0.25) is 4.90 Å². The number of carbonyl (C=O) groups excluding carboxylic acids is 1. The van der Waals surface area contributed by atoms with E-state index in [2.05, 4.69) is 10.2 Å². The summed E-state index contributed by atoms with van der Waals surface area (Å²) in [6.45, 7) is 1.47. The van der Waals surface area contributed by atoms with E-state index in [1.54, 1.807) is 0 Å². The normalized spacial score (nSPS) is 26.2. The van der Waals surface area contributed by atoms with Gasteiger partial charge in [0.25, 0.3) is 0 Å². The number of carbonyl (C=O) groups is 1. The van der Waals surface area contributed by atoms with Crippen LogP contribution in [0.3, 0.4) is 0 Å². The fraction of sp³-hybridized carbons (Fsp3) is 0.588. The van der Waals surface area contributed by atoms with Gasteiger partial charge in [0.2, 0.25) is 0 Å². The lowest BCUT2D eigenvalue weighted by atomic mass is 9.88. The Morgan fingerprint density at radius 1 is 1.18 bits per heavy atom. The first-order chi connectivity index (χ1) is 10.7. The number of nitrogens with zero attached hydrogens (tertiary/aromatic N) is 1. The van der Waals surface area contributed by atoms with Gasteiger partial charge < -0.3 is 10.1 Å². The summed E-state index contributed by atoms with van der Waals surface area (Å²) < 4.78 is 18.1. The molecule has 22 heavy (non-hydrogen) atoms. The molecule has 1 N–H and O–H groups in total. The smallest absolute Gasteiger partial charge is 0.407 e. The second-order valence-electron chi connectivity index (χ2n) is 6.26. The molecule has 4 nitrogen and oxygen atoms in total. The standard InChI is InChI=1S/C17H23FN2O2/c18-14-10-20(11-14)16-8-6-15(7-9-16)19-17(21)22-12-13-4-2-1-3-5-13/h1-5,14-16H,6-12H2,(H,19,21)/t15-,16-. The number of hydrogen-bond acceptors (Lipinski definition) is 3. The number of halogens is 1. The zero-order chi connectivity index (χ0) is 15.4. The second kappa shape index (κ2) is 7.09. The lowest BCUT2D eigenvalue weighted by Gasteiger charge is -2.43. The summed E-state index contributed by atoms with van der Waals surface area (Å²) >= 11 is 0. The first-order valence-electron chi connectivity index (χ1n) is 8.06. The van der Waals surface area contributed by atoms with Crippen LogP contribution in [0.1, 0.15) is 31.2 Å². The van der Waals surface area contributed by atoms with Gasteiger partial charge in [0, 0.05) is 25.2 Å². The lowest BCUT2D eigenvalue weighted by molar-refractivity contribution is 0.0107. The van der Waals surface area contributed by atoms with Gasteiger partial charge in [-0.2, -0.15) is 0 Å². The minimum atomic E-state index is -0.635. The van der Waals surface area contributed by atoms with Crippen molar-refractivity contribution < 1.29 is 13.9 Å². The molecule has 2 aliphatic rings. The number of nitrogens with one attached hydrogen (secondary N) is 1. The number of alkyl carbamates (subject to hydrolysis) is 1. The number of rotatable bonds is 4. The number of alkyl halides is 1. The van der Waals surface area contributed by atoms with Gasteiger partial charge >= 0.3 is 6.09 Å². The summed E-state index contributed by atoms with van der Waals surface area (Å²) in [4.78, 5) is 14.0. The minimum absolute atomic E-state index is 0.182. The summed E-state index contributed by atoms with van der Waals surface area (Å²) in [5.74, 6) is 0. The molecule has 0 atom stereocenters. The van der Waals surface area contributed by atoms with Crippen molar-refractivity contribution in [2.45, 2.75) is 50.5 Å². The van der Waals surface area contributed by atoms with Crippen LogP contribution in [0.15, 0.2) is 30.3 Å². The van der Waals surface area contributed by atoms with E-state index in [0.29, 0.717) is 25.7 Å². The Bertz CT molecular complexity index is 483. The van der Waals surface area contributed by atoms with Crippen molar-refractivity contribution in [1.29, 1.82) is 0 Å². The van der Waals surface area contributed by atoms with Crippen LogP contribution in [0, 0.1) is 0 Å². The molecular formula is C17H23FN2O2. The molecule has 1 aliphatic heterocycles. The topological polar surface area (TPSA) is 41.6 Å². The zero-order valence-electron chi connectivity index (χ0n) is 12.7. The second-order valence-corrected chi connectivity index (χ2v) is 6.26. The van der Waals surface area contributed by atoms with Crippen molar-refractivity contribution in [2.24, 2.45) is 0 Å². The lowest BCUT2D eigenvalue weighted by Crippen LogP contribution is -2.55. The van der Waals surface area contributed by atoms with Gasteiger partial charge in [-0.15, -0.1) is 0 Å². The van der Waals surface area contributed by atoms with Gasteiger partial charge in [0.15, 0.2) is 0 Å². The maximum atomic E-state index is 12.9. The maximum Gasteiger partial charge on any atom is 0.407 e. The first kappa shape index (κ1) is 15.3. The van der Waals surface area contributed by atoms with E-state index in [-0.39, 0.29) is 12.1 Å². The van der Waals surface area contributed by atoms with Crippen LogP contribution in [0.2, 0.25) is 0 Å². The van der Waals surface area contributed by atoms with Crippen LogP contribution < -0.4 is 5.32 Å². The molecule has 0 spiro atoms.